The summed E-state index contributed by atoms with van der Waals surface area (Å²) >= 11 is 0. The topological polar surface area (TPSA) is 122 Å². The van der Waals surface area contributed by atoms with E-state index in [2.05, 4.69) is 73.8 Å². The number of carbonyl (C=O) groups excluding carboxylic acids is 1. The van der Waals surface area contributed by atoms with Crippen molar-refractivity contribution in [2.24, 2.45) is 5.73 Å². The largest absolute Gasteiger partial charge is 0.459 e. The van der Waals surface area contributed by atoms with E-state index in [1.165, 1.54) is 6.42 Å². The van der Waals surface area contributed by atoms with Gasteiger partial charge in [-0.05, 0) is 81.8 Å². The molecule has 3 heterocycles. The first kappa shape index (κ1) is 26.8. The highest BCUT2D eigenvalue weighted by atomic mass is 16.6. The molecule has 39 heavy (non-hydrogen) atoms. The number of rotatable bonds is 9. The van der Waals surface area contributed by atoms with Crippen LogP contribution in [0.2, 0.25) is 0 Å². The number of ether oxygens (including phenoxy) is 1. The van der Waals surface area contributed by atoms with Crippen LogP contribution < -0.4 is 11.1 Å². The predicted molar refractivity (Wildman–Crippen MR) is 154 cm³/mol. The van der Waals surface area contributed by atoms with Crippen LogP contribution in [-0.2, 0) is 9.53 Å². The number of carbonyl (C=O) groups is 1. The van der Waals surface area contributed by atoms with Crippen LogP contribution in [0.1, 0.15) is 70.1 Å². The summed E-state index contributed by atoms with van der Waals surface area (Å²) in [5.41, 5.74) is 11.4. The lowest BCUT2D eigenvalue weighted by molar-refractivity contribution is -0.157. The predicted octanol–water partition coefficient (Wildman–Crippen LogP) is 5.72. The fraction of sp³-hybridized carbons (Fsp3) is 0.387. The first-order valence-electron chi connectivity index (χ1n) is 13.8. The molecule has 0 amide bonds. The van der Waals surface area contributed by atoms with Crippen molar-refractivity contribution in [3.8, 4) is 33.6 Å². The molecule has 8 nitrogen and oxygen atoms in total. The molecule has 204 valence electrons. The Balaban J connectivity index is 1.28. The highest BCUT2D eigenvalue weighted by Crippen LogP contribution is 2.30. The van der Waals surface area contributed by atoms with E-state index in [-0.39, 0.29) is 5.97 Å². The molecule has 0 radical (unpaired) electrons. The molecule has 0 bridgehead atoms. The van der Waals surface area contributed by atoms with Gasteiger partial charge in [0.15, 0.2) is 0 Å². The van der Waals surface area contributed by atoms with Gasteiger partial charge in [-0.2, -0.15) is 0 Å². The minimum atomic E-state index is -0.560. The minimum Gasteiger partial charge on any atom is -0.459 e. The number of nitrogens with two attached hydrogens (primary N) is 1. The number of imidazole rings is 2. The zero-order valence-electron chi connectivity index (χ0n) is 23.0. The van der Waals surface area contributed by atoms with Crippen LogP contribution >= 0.6 is 0 Å². The van der Waals surface area contributed by atoms with Gasteiger partial charge in [-0.25, -0.2) is 9.97 Å². The Hall–Kier alpha value is -3.75. The Bertz CT molecular complexity index is 1380. The van der Waals surface area contributed by atoms with E-state index in [1.807, 2.05) is 27.0 Å². The normalized spacial score (nSPS) is 16.4. The van der Waals surface area contributed by atoms with Gasteiger partial charge < -0.3 is 25.8 Å². The summed E-state index contributed by atoms with van der Waals surface area (Å²) in [6.45, 7) is 7.17. The minimum absolute atomic E-state index is 0.280. The second kappa shape index (κ2) is 11.6. The smallest absolute Gasteiger partial charge is 0.317 e. The van der Waals surface area contributed by atoms with Crippen molar-refractivity contribution in [1.29, 1.82) is 0 Å². The quantitative estimate of drug-likeness (QED) is 0.207. The van der Waals surface area contributed by atoms with E-state index in [0.717, 1.165) is 52.4 Å². The molecule has 2 atom stereocenters. The number of nitrogens with one attached hydrogen (secondary N) is 3. The van der Waals surface area contributed by atoms with Crippen molar-refractivity contribution in [3.63, 3.8) is 0 Å². The second-order valence-electron chi connectivity index (χ2n) is 11.2. The average molecular weight is 527 g/mol. The third kappa shape index (κ3) is 6.46. The van der Waals surface area contributed by atoms with Crippen molar-refractivity contribution in [3.05, 3.63) is 72.6 Å². The fourth-order valence-electron chi connectivity index (χ4n) is 4.98. The number of hydrogen-bond acceptors (Lipinski definition) is 6. The number of hydrogen-bond donors (Lipinski definition) is 4. The summed E-state index contributed by atoms with van der Waals surface area (Å²) in [6.07, 6.45) is 7.31. The molecule has 1 saturated heterocycles. The molecule has 8 heteroatoms. The number of benzene rings is 2. The third-order valence-electron chi connectivity index (χ3n) is 7.02. The highest BCUT2D eigenvalue weighted by molar-refractivity contribution is 5.78. The van der Waals surface area contributed by atoms with Crippen molar-refractivity contribution in [2.45, 2.75) is 64.0 Å². The maximum Gasteiger partial charge on any atom is 0.317 e. The van der Waals surface area contributed by atoms with E-state index in [0.29, 0.717) is 31.3 Å². The molecule has 0 aliphatic carbocycles. The molecular formula is C31H38N6O2. The lowest BCUT2D eigenvalue weighted by Gasteiger charge is -2.23. The molecule has 2 aromatic heterocycles. The first-order valence-corrected chi connectivity index (χ1v) is 13.8. The average Bonchev–Trinajstić information content (AvgIpc) is 3.70. The Labute approximate surface area is 229 Å². The van der Waals surface area contributed by atoms with Crippen molar-refractivity contribution < 1.29 is 9.53 Å². The molecule has 1 aliphatic rings. The maximum absolute atomic E-state index is 12.9. The molecule has 4 aromatic rings. The van der Waals surface area contributed by atoms with E-state index in [4.69, 9.17) is 10.5 Å². The fourth-order valence-corrected chi connectivity index (χ4v) is 4.98. The van der Waals surface area contributed by atoms with Gasteiger partial charge in [0.25, 0.3) is 0 Å². The van der Waals surface area contributed by atoms with Crippen molar-refractivity contribution in [1.82, 2.24) is 25.3 Å². The van der Waals surface area contributed by atoms with Crippen LogP contribution in [-0.4, -0.2) is 44.6 Å². The maximum atomic E-state index is 12.9. The Morgan fingerprint density at radius 3 is 2.10 bits per heavy atom. The van der Waals surface area contributed by atoms with E-state index >= 15 is 0 Å². The molecule has 2 aromatic carbocycles. The van der Waals surface area contributed by atoms with Gasteiger partial charge in [0.05, 0.1) is 29.8 Å². The van der Waals surface area contributed by atoms with Gasteiger partial charge in [-0.3, -0.25) is 4.79 Å². The monoisotopic (exact) mass is 526 g/mol. The van der Waals surface area contributed by atoms with Crippen LogP contribution in [0.25, 0.3) is 33.6 Å². The Morgan fingerprint density at radius 2 is 1.54 bits per heavy atom. The van der Waals surface area contributed by atoms with Gasteiger partial charge in [-0.15, -0.1) is 0 Å². The number of nitrogens with zero attached hydrogens (tertiary/aromatic N) is 2. The van der Waals surface area contributed by atoms with Crippen LogP contribution in [0.4, 0.5) is 0 Å². The summed E-state index contributed by atoms with van der Waals surface area (Å²) in [5, 5.41) is 3.49. The van der Waals surface area contributed by atoms with E-state index < -0.39 is 11.5 Å². The summed E-state index contributed by atoms with van der Waals surface area (Å²) in [5.74, 6) is 0.871. The van der Waals surface area contributed by atoms with Gasteiger partial charge in [0, 0.05) is 0 Å². The number of H-pyrrole nitrogens is 2. The molecule has 0 saturated carbocycles. The number of aromatic nitrogens is 4. The number of aromatic amines is 2. The number of esters is 1. The van der Waals surface area contributed by atoms with Gasteiger partial charge in [-0.1, -0.05) is 48.5 Å². The standard InChI is InChI=1S/C31H38N6O2/c1-31(2,3)39-30(38)24(6-4-16-32)28-34-18-26(36-28)22-12-8-20(9-13-22)21-10-14-23(15-11-21)27-19-35-29(37-27)25-7-5-17-33-25/h8-15,18-19,24-25,33H,4-7,16-17,32H2,1-3H3,(H,34,36)(H,35,37)/t24?,25-/m0/s1. The molecule has 5 rings (SSSR count). The molecule has 1 aliphatic heterocycles. The lowest BCUT2D eigenvalue weighted by atomic mass is 10.0. The van der Waals surface area contributed by atoms with Gasteiger partial charge >= 0.3 is 5.97 Å². The van der Waals surface area contributed by atoms with E-state index in [9.17, 15) is 4.79 Å². The van der Waals surface area contributed by atoms with E-state index in [1.54, 1.807) is 6.20 Å². The third-order valence-corrected chi connectivity index (χ3v) is 7.02. The Kier molecular flexibility index (Phi) is 7.95. The van der Waals surface area contributed by atoms with Crippen LogP contribution in [0, 0.1) is 0 Å². The molecule has 1 unspecified atom stereocenters. The van der Waals surface area contributed by atoms with Crippen LogP contribution in [0.15, 0.2) is 60.9 Å². The molecular weight excluding hydrogens is 488 g/mol. The summed E-state index contributed by atoms with van der Waals surface area (Å²) in [6, 6.07) is 17.2. The summed E-state index contributed by atoms with van der Waals surface area (Å²) in [4.78, 5) is 28.8. The van der Waals surface area contributed by atoms with Crippen LogP contribution in [0.5, 0.6) is 0 Å². The van der Waals surface area contributed by atoms with Gasteiger partial charge in [0.1, 0.15) is 23.2 Å². The zero-order chi connectivity index (χ0) is 27.4. The Morgan fingerprint density at radius 1 is 0.949 bits per heavy atom. The second-order valence-corrected chi connectivity index (χ2v) is 11.2. The van der Waals surface area contributed by atoms with Crippen molar-refractivity contribution >= 4 is 5.97 Å². The van der Waals surface area contributed by atoms with Crippen molar-refractivity contribution in [2.75, 3.05) is 13.1 Å². The van der Waals surface area contributed by atoms with Crippen LogP contribution in [0.3, 0.4) is 0 Å². The zero-order valence-corrected chi connectivity index (χ0v) is 23.0. The lowest BCUT2D eigenvalue weighted by Crippen LogP contribution is -2.28. The summed E-state index contributed by atoms with van der Waals surface area (Å²) < 4.78 is 5.64. The van der Waals surface area contributed by atoms with Gasteiger partial charge in [0.2, 0.25) is 0 Å². The molecule has 1 fully saturated rings. The molecule has 0 spiro atoms. The SMILES string of the molecule is CC(C)(C)OC(=O)C(CCCN)c1ncc(-c2ccc(-c3ccc(-c4cnc([C@@H]5CCCN5)[nH]4)cc3)cc2)[nH]1. The molecule has 5 N–H and O–H groups in total. The first-order chi connectivity index (χ1) is 18.8. The highest BCUT2D eigenvalue weighted by Gasteiger charge is 2.28. The summed E-state index contributed by atoms with van der Waals surface area (Å²) in [7, 11) is 0.